The molecule has 0 aliphatic heterocycles. The van der Waals surface area contributed by atoms with E-state index in [2.05, 4.69) is 25.6 Å². The molecule has 7 heteroatoms. The average molecular weight is 393 g/mol. The molecule has 0 unspecified atom stereocenters. The summed E-state index contributed by atoms with van der Waals surface area (Å²) in [5, 5.41) is 9.62. The molecule has 4 aromatic rings. The molecule has 0 amide bonds. The molecule has 4 N–H and O–H groups in total. The molecule has 0 fully saturated rings. The van der Waals surface area contributed by atoms with Gasteiger partial charge >= 0.3 is 0 Å². The SMILES string of the molecule is Nc1nc(NCCCCNc2ccnc3cc(Cl)ccc23)c2ccccc2n1. The van der Waals surface area contributed by atoms with Crippen molar-refractivity contribution < 1.29 is 0 Å². The lowest BCUT2D eigenvalue weighted by atomic mass is 10.2. The van der Waals surface area contributed by atoms with Gasteiger partial charge in [-0.15, -0.1) is 0 Å². The molecular weight excluding hydrogens is 372 g/mol. The van der Waals surface area contributed by atoms with Crippen LogP contribution in [0.25, 0.3) is 21.8 Å². The Hall–Kier alpha value is -3.12. The monoisotopic (exact) mass is 392 g/mol. The van der Waals surface area contributed by atoms with Crippen LogP contribution < -0.4 is 16.4 Å². The molecule has 142 valence electrons. The summed E-state index contributed by atoms with van der Waals surface area (Å²) in [6.07, 6.45) is 3.82. The third-order valence-corrected chi connectivity index (χ3v) is 4.77. The van der Waals surface area contributed by atoms with Crippen LogP contribution in [0.5, 0.6) is 0 Å². The van der Waals surface area contributed by atoms with Crippen molar-refractivity contribution in [2.24, 2.45) is 0 Å². The molecule has 28 heavy (non-hydrogen) atoms. The zero-order valence-corrected chi connectivity index (χ0v) is 16.1. The van der Waals surface area contributed by atoms with Gasteiger partial charge in [-0.05, 0) is 49.2 Å². The second-order valence-corrected chi connectivity index (χ2v) is 6.96. The first-order valence-electron chi connectivity index (χ1n) is 9.25. The number of aromatic nitrogens is 3. The summed E-state index contributed by atoms with van der Waals surface area (Å²) in [4.78, 5) is 13.0. The van der Waals surface area contributed by atoms with Gasteiger partial charge in [-0.3, -0.25) is 4.98 Å². The minimum atomic E-state index is 0.285. The lowest BCUT2D eigenvalue weighted by molar-refractivity contribution is 0.794. The van der Waals surface area contributed by atoms with Crippen LogP contribution in [0.3, 0.4) is 0 Å². The fourth-order valence-corrected chi connectivity index (χ4v) is 3.35. The van der Waals surface area contributed by atoms with Gasteiger partial charge in [-0.1, -0.05) is 23.7 Å². The first-order chi connectivity index (χ1) is 13.7. The molecule has 6 nitrogen and oxygen atoms in total. The van der Waals surface area contributed by atoms with E-state index in [1.807, 2.05) is 48.5 Å². The van der Waals surface area contributed by atoms with Crippen LogP contribution in [-0.4, -0.2) is 28.0 Å². The largest absolute Gasteiger partial charge is 0.384 e. The third-order valence-electron chi connectivity index (χ3n) is 4.54. The average Bonchev–Trinajstić information content (AvgIpc) is 2.70. The van der Waals surface area contributed by atoms with Crippen molar-refractivity contribution in [2.45, 2.75) is 12.8 Å². The highest BCUT2D eigenvalue weighted by Gasteiger charge is 2.05. The molecule has 0 aliphatic carbocycles. The number of para-hydroxylation sites is 1. The van der Waals surface area contributed by atoms with E-state index in [0.29, 0.717) is 5.02 Å². The van der Waals surface area contributed by atoms with Gasteiger partial charge in [0.1, 0.15) is 5.82 Å². The van der Waals surface area contributed by atoms with Crippen molar-refractivity contribution in [2.75, 3.05) is 29.5 Å². The van der Waals surface area contributed by atoms with Crippen LogP contribution in [0.4, 0.5) is 17.5 Å². The number of nitrogen functional groups attached to an aromatic ring is 1. The van der Waals surface area contributed by atoms with Gasteiger partial charge in [0.05, 0.1) is 11.0 Å². The number of nitrogens with two attached hydrogens (primary N) is 1. The summed E-state index contributed by atoms with van der Waals surface area (Å²) < 4.78 is 0. The molecule has 0 spiro atoms. The zero-order valence-electron chi connectivity index (χ0n) is 15.3. The maximum atomic E-state index is 6.05. The Morgan fingerprint density at radius 3 is 2.57 bits per heavy atom. The summed E-state index contributed by atoms with van der Waals surface area (Å²) in [5.41, 5.74) is 8.63. The topological polar surface area (TPSA) is 88.8 Å². The van der Waals surface area contributed by atoms with Gasteiger partial charge < -0.3 is 16.4 Å². The van der Waals surface area contributed by atoms with Crippen LogP contribution in [-0.2, 0) is 0 Å². The molecule has 2 aromatic heterocycles. The minimum Gasteiger partial charge on any atom is -0.384 e. The molecule has 0 bridgehead atoms. The molecular formula is C21H21ClN6. The maximum absolute atomic E-state index is 6.05. The Bertz CT molecular complexity index is 1110. The molecule has 2 heterocycles. The van der Waals surface area contributed by atoms with Gasteiger partial charge in [0.2, 0.25) is 5.95 Å². The first kappa shape index (κ1) is 18.3. The second kappa shape index (κ2) is 8.27. The first-order valence-corrected chi connectivity index (χ1v) is 9.63. The standard InChI is InChI=1S/C21H21ClN6/c22-14-7-8-15-17(9-12-25-19(15)13-14)24-10-3-4-11-26-20-16-5-1-2-6-18(16)27-21(23)28-20/h1-2,5-9,12-13H,3-4,10-11H2,(H,24,25)(H3,23,26,27,28). The van der Waals surface area contributed by atoms with Gasteiger partial charge in [-0.25, -0.2) is 4.98 Å². The van der Waals surface area contributed by atoms with Crippen molar-refractivity contribution in [3.8, 4) is 0 Å². The fraction of sp³-hybridized carbons (Fsp3) is 0.190. The number of anilines is 3. The normalized spacial score (nSPS) is 11.0. The Morgan fingerprint density at radius 1 is 0.857 bits per heavy atom. The van der Waals surface area contributed by atoms with Crippen molar-refractivity contribution in [1.29, 1.82) is 0 Å². The van der Waals surface area contributed by atoms with E-state index < -0.39 is 0 Å². The Morgan fingerprint density at radius 2 is 1.68 bits per heavy atom. The number of fused-ring (bicyclic) bond motifs is 2. The van der Waals surface area contributed by atoms with E-state index >= 15 is 0 Å². The van der Waals surface area contributed by atoms with Crippen LogP contribution in [0, 0.1) is 0 Å². The van der Waals surface area contributed by atoms with Gasteiger partial charge in [-0.2, -0.15) is 4.98 Å². The van der Waals surface area contributed by atoms with E-state index in [1.54, 1.807) is 6.20 Å². The number of hydrogen-bond acceptors (Lipinski definition) is 6. The van der Waals surface area contributed by atoms with Crippen LogP contribution in [0.15, 0.2) is 54.7 Å². The van der Waals surface area contributed by atoms with E-state index in [0.717, 1.165) is 59.2 Å². The molecule has 2 aromatic carbocycles. The zero-order chi connectivity index (χ0) is 19.3. The Kier molecular flexibility index (Phi) is 5.39. The predicted molar refractivity (Wildman–Crippen MR) is 117 cm³/mol. The van der Waals surface area contributed by atoms with Gasteiger partial charge in [0.25, 0.3) is 0 Å². The number of nitrogens with one attached hydrogen (secondary N) is 2. The molecule has 0 saturated carbocycles. The number of unbranched alkanes of at least 4 members (excludes halogenated alkanes) is 1. The molecule has 4 rings (SSSR count). The fourth-order valence-electron chi connectivity index (χ4n) is 3.18. The summed E-state index contributed by atoms with van der Waals surface area (Å²) in [5.74, 6) is 1.07. The Balaban J connectivity index is 1.31. The van der Waals surface area contributed by atoms with Gasteiger partial charge in [0.15, 0.2) is 0 Å². The van der Waals surface area contributed by atoms with E-state index in [1.165, 1.54) is 0 Å². The van der Waals surface area contributed by atoms with Crippen LogP contribution in [0.1, 0.15) is 12.8 Å². The second-order valence-electron chi connectivity index (χ2n) is 6.53. The number of rotatable bonds is 7. The molecule has 0 saturated heterocycles. The van der Waals surface area contributed by atoms with E-state index in [9.17, 15) is 0 Å². The minimum absolute atomic E-state index is 0.285. The highest BCUT2D eigenvalue weighted by Crippen LogP contribution is 2.24. The van der Waals surface area contributed by atoms with Crippen LogP contribution in [0.2, 0.25) is 5.02 Å². The van der Waals surface area contributed by atoms with Crippen molar-refractivity contribution in [3.63, 3.8) is 0 Å². The molecule has 0 atom stereocenters. The Labute approximate surface area is 168 Å². The smallest absolute Gasteiger partial charge is 0.222 e. The third kappa shape index (κ3) is 4.07. The van der Waals surface area contributed by atoms with Crippen molar-refractivity contribution >= 4 is 50.9 Å². The lowest BCUT2D eigenvalue weighted by Gasteiger charge is -2.11. The number of hydrogen-bond donors (Lipinski definition) is 3. The summed E-state index contributed by atoms with van der Waals surface area (Å²) >= 11 is 6.05. The quantitative estimate of drug-likeness (QED) is 0.394. The summed E-state index contributed by atoms with van der Waals surface area (Å²) in [6.45, 7) is 1.69. The van der Waals surface area contributed by atoms with Crippen molar-refractivity contribution in [3.05, 3.63) is 59.8 Å². The summed E-state index contributed by atoms with van der Waals surface area (Å²) in [7, 11) is 0. The number of pyridine rings is 1. The number of benzene rings is 2. The highest BCUT2D eigenvalue weighted by molar-refractivity contribution is 6.31. The maximum Gasteiger partial charge on any atom is 0.222 e. The molecule has 0 radical (unpaired) electrons. The number of halogens is 1. The highest BCUT2D eigenvalue weighted by atomic mass is 35.5. The van der Waals surface area contributed by atoms with Crippen molar-refractivity contribution in [1.82, 2.24) is 15.0 Å². The van der Waals surface area contributed by atoms with E-state index in [4.69, 9.17) is 17.3 Å². The predicted octanol–water partition coefficient (Wildman–Crippen LogP) is 4.72. The number of nitrogens with zero attached hydrogens (tertiary/aromatic N) is 3. The summed E-state index contributed by atoms with van der Waals surface area (Å²) in [6, 6.07) is 15.6. The van der Waals surface area contributed by atoms with E-state index in [-0.39, 0.29) is 5.95 Å². The van der Waals surface area contributed by atoms with Gasteiger partial charge in [0, 0.05) is 40.8 Å². The van der Waals surface area contributed by atoms with Crippen LogP contribution >= 0.6 is 11.6 Å². The lowest BCUT2D eigenvalue weighted by Crippen LogP contribution is -2.09. The molecule has 0 aliphatic rings.